The number of benzene rings is 2. The summed E-state index contributed by atoms with van der Waals surface area (Å²) < 4.78 is 14.2. The fraction of sp³-hybridized carbons (Fsp3) is 0.348. The lowest BCUT2D eigenvalue weighted by Crippen LogP contribution is -2.46. The van der Waals surface area contributed by atoms with Crippen LogP contribution in [0.3, 0.4) is 0 Å². The zero-order chi connectivity index (χ0) is 20.3. The third kappa shape index (κ3) is 4.53. The van der Waals surface area contributed by atoms with Crippen LogP contribution < -0.4 is 0 Å². The zero-order valence-corrected chi connectivity index (χ0v) is 17.0. The van der Waals surface area contributed by atoms with Gasteiger partial charge in [0, 0.05) is 29.1 Å². The van der Waals surface area contributed by atoms with E-state index < -0.39 is 0 Å². The van der Waals surface area contributed by atoms with Gasteiger partial charge in [0.05, 0.1) is 18.5 Å². The van der Waals surface area contributed by atoms with Crippen LogP contribution in [0.2, 0.25) is 5.02 Å². The molecule has 2 heterocycles. The van der Waals surface area contributed by atoms with Crippen molar-refractivity contribution in [1.82, 2.24) is 15.1 Å². The Morgan fingerprint density at radius 1 is 1.14 bits per heavy atom. The highest BCUT2D eigenvalue weighted by Crippen LogP contribution is 2.35. The fourth-order valence-electron chi connectivity index (χ4n) is 4.36. The monoisotopic (exact) mass is 413 g/mol. The van der Waals surface area contributed by atoms with Crippen LogP contribution in [0.4, 0.5) is 4.39 Å². The van der Waals surface area contributed by atoms with Gasteiger partial charge in [-0.1, -0.05) is 41.9 Å². The van der Waals surface area contributed by atoms with Gasteiger partial charge in [0.2, 0.25) is 0 Å². The minimum atomic E-state index is -0.329. The molecule has 1 atom stereocenters. The third-order valence-electron chi connectivity index (χ3n) is 5.84. The Hall–Kier alpha value is -2.21. The number of hydrogen-bond donors (Lipinski definition) is 2. The van der Waals surface area contributed by atoms with E-state index in [-0.39, 0.29) is 17.8 Å². The first-order chi connectivity index (χ1) is 14.1. The van der Waals surface area contributed by atoms with Gasteiger partial charge in [-0.25, -0.2) is 4.39 Å². The summed E-state index contributed by atoms with van der Waals surface area (Å²) in [6.07, 6.45) is 4.27. The second kappa shape index (κ2) is 8.66. The molecule has 1 aromatic heterocycles. The summed E-state index contributed by atoms with van der Waals surface area (Å²) in [5.41, 5.74) is 3.47. The molecule has 2 aromatic carbocycles. The summed E-state index contributed by atoms with van der Waals surface area (Å²) in [4.78, 5) is 2.34. The standard InChI is InChI=1S/C23H25ClFN3O/c24-20-8-6-17(7-9-20)22-19(13-26-27-22)14-28-11-3-10-23(15-28,16-29)12-18-4-1-2-5-21(18)25/h1-2,4-9,13,29H,3,10-12,14-16H2,(H,26,27)/t23-/m1/s1. The van der Waals surface area contributed by atoms with E-state index in [4.69, 9.17) is 11.6 Å². The smallest absolute Gasteiger partial charge is 0.126 e. The van der Waals surface area contributed by atoms with Gasteiger partial charge in [-0.3, -0.25) is 10.00 Å². The van der Waals surface area contributed by atoms with E-state index in [2.05, 4.69) is 15.1 Å². The number of hydrogen-bond acceptors (Lipinski definition) is 3. The zero-order valence-electron chi connectivity index (χ0n) is 16.2. The van der Waals surface area contributed by atoms with Gasteiger partial charge < -0.3 is 5.11 Å². The molecule has 0 bridgehead atoms. The first-order valence-corrected chi connectivity index (χ1v) is 10.3. The lowest BCUT2D eigenvalue weighted by atomic mass is 9.75. The molecule has 1 aliphatic rings. The van der Waals surface area contributed by atoms with Gasteiger partial charge in [-0.15, -0.1) is 0 Å². The number of aromatic amines is 1. The molecule has 0 amide bonds. The SMILES string of the molecule is OC[C@@]1(Cc2ccccc2F)CCCN(Cc2cn[nH]c2-c2ccc(Cl)cc2)C1. The van der Waals surface area contributed by atoms with Crippen molar-refractivity contribution in [3.05, 3.63) is 76.7 Å². The summed E-state index contributed by atoms with van der Waals surface area (Å²) in [7, 11) is 0. The number of aliphatic hydroxyl groups is 1. The van der Waals surface area contributed by atoms with Crippen LogP contribution in [-0.2, 0) is 13.0 Å². The Labute approximate surface area is 175 Å². The highest BCUT2D eigenvalue weighted by atomic mass is 35.5. The van der Waals surface area contributed by atoms with Crippen molar-refractivity contribution in [3.63, 3.8) is 0 Å². The first-order valence-electron chi connectivity index (χ1n) is 9.93. The number of piperidine rings is 1. The van der Waals surface area contributed by atoms with E-state index >= 15 is 0 Å². The minimum Gasteiger partial charge on any atom is -0.396 e. The summed E-state index contributed by atoms with van der Waals surface area (Å²) in [6, 6.07) is 14.6. The highest BCUT2D eigenvalue weighted by molar-refractivity contribution is 6.30. The topological polar surface area (TPSA) is 52.1 Å². The lowest BCUT2D eigenvalue weighted by molar-refractivity contribution is 0.0283. The molecule has 0 unspecified atom stereocenters. The van der Waals surface area contributed by atoms with E-state index in [1.54, 1.807) is 6.07 Å². The van der Waals surface area contributed by atoms with Crippen molar-refractivity contribution in [2.24, 2.45) is 5.41 Å². The van der Waals surface area contributed by atoms with E-state index in [0.717, 1.165) is 49.3 Å². The number of nitrogens with one attached hydrogen (secondary N) is 1. The number of nitrogens with zero attached hydrogens (tertiary/aromatic N) is 2. The molecule has 1 saturated heterocycles. The first kappa shape index (κ1) is 20.1. The molecule has 1 aliphatic heterocycles. The molecule has 29 heavy (non-hydrogen) atoms. The molecule has 2 N–H and O–H groups in total. The minimum absolute atomic E-state index is 0.0489. The Morgan fingerprint density at radius 3 is 2.69 bits per heavy atom. The molecule has 0 radical (unpaired) electrons. The van der Waals surface area contributed by atoms with Crippen LogP contribution in [0.5, 0.6) is 0 Å². The van der Waals surface area contributed by atoms with Crippen molar-refractivity contribution in [2.45, 2.75) is 25.8 Å². The maximum Gasteiger partial charge on any atom is 0.126 e. The predicted octanol–water partition coefficient (Wildman–Crippen LogP) is 4.69. The van der Waals surface area contributed by atoms with E-state index in [0.29, 0.717) is 17.0 Å². The Balaban J connectivity index is 1.51. The molecule has 0 spiro atoms. The van der Waals surface area contributed by atoms with Crippen LogP contribution in [-0.4, -0.2) is 39.9 Å². The normalized spacial score (nSPS) is 20.1. The summed E-state index contributed by atoms with van der Waals surface area (Å²) >= 11 is 6.01. The summed E-state index contributed by atoms with van der Waals surface area (Å²) in [5.74, 6) is -0.197. The number of H-pyrrole nitrogens is 1. The van der Waals surface area contributed by atoms with Gasteiger partial charge in [0.25, 0.3) is 0 Å². The predicted molar refractivity (Wildman–Crippen MR) is 113 cm³/mol. The quantitative estimate of drug-likeness (QED) is 0.616. The van der Waals surface area contributed by atoms with Crippen LogP contribution in [0.25, 0.3) is 11.3 Å². The maximum atomic E-state index is 14.2. The van der Waals surface area contributed by atoms with Crippen molar-refractivity contribution >= 4 is 11.6 Å². The molecule has 3 aromatic rings. The average molecular weight is 414 g/mol. The highest BCUT2D eigenvalue weighted by Gasteiger charge is 2.36. The van der Waals surface area contributed by atoms with Crippen LogP contribution in [0, 0.1) is 11.2 Å². The number of likely N-dealkylation sites (tertiary alicyclic amines) is 1. The fourth-order valence-corrected chi connectivity index (χ4v) is 4.48. The van der Waals surface area contributed by atoms with Crippen molar-refractivity contribution in [1.29, 1.82) is 0 Å². The second-order valence-corrected chi connectivity index (χ2v) is 8.45. The molecule has 1 fully saturated rings. The molecule has 0 aliphatic carbocycles. The van der Waals surface area contributed by atoms with E-state index in [9.17, 15) is 9.50 Å². The molecular formula is C23H25ClFN3O. The van der Waals surface area contributed by atoms with Gasteiger partial charge in [0.15, 0.2) is 0 Å². The van der Waals surface area contributed by atoms with Gasteiger partial charge in [-0.2, -0.15) is 5.10 Å². The molecule has 6 heteroatoms. The molecular weight excluding hydrogens is 389 g/mol. The lowest BCUT2D eigenvalue weighted by Gasteiger charge is -2.42. The van der Waals surface area contributed by atoms with Crippen LogP contribution in [0.15, 0.2) is 54.7 Å². The third-order valence-corrected chi connectivity index (χ3v) is 6.10. The summed E-state index contributed by atoms with van der Waals surface area (Å²) in [6.45, 7) is 2.45. The molecule has 4 rings (SSSR count). The Kier molecular flexibility index (Phi) is 5.99. The average Bonchev–Trinajstić information content (AvgIpc) is 3.19. The number of halogens is 2. The van der Waals surface area contributed by atoms with Crippen molar-refractivity contribution < 1.29 is 9.50 Å². The maximum absolute atomic E-state index is 14.2. The van der Waals surface area contributed by atoms with Gasteiger partial charge in [0.1, 0.15) is 5.82 Å². The van der Waals surface area contributed by atoms with Crippen molar-refractivity contribution in [3.8, 4) is 11.3 Å². The van der Waals surface area contributed by atoms with E-state index in [1.807, 2.05) is 42.6 Å². The largest absolute Gasteiger partial charge is 0.396 e. The van der Waals surface area contributed by atoms with Crippen LogP contribution in [0.1, 0.15) is 24.0 Å². The molecule has 4 nitrogen and oxygen atoms in total. The summed E-state index contributed by atoms with van der Waals surface area (Å²) in [5, 5.41) is 18.2. The van der Waals surface area contributed by atoms with Crippen molar-refractivity contribution in [2.75, 3.05) is 19.7 Å². The number of aromatic nitrogens is 2. The number of rotatable bonds is 6. The molecule has 152 valence electrons. The van der Waals surface area contributed by atoms with Crippen LogP contribution >= 0.6 is 11.6 Å². The van der Waals surface area contributed by atoms with Gasteiger partial charge >= 0.3 is 0 Å². The Morgan fingerprint density at radius 2 is 1.93 bits per heavy atom. The number of aliphatic hydroxyl groups excluding tert-OH is 1. The van der Waals surface area contributed by atoms with Gasteiger partial charge in [-0.05, 0) is 55.1 Å². The second-order valence-electron chi connectivity index (χ2n) is 8.02. The molecule has 0 saturated carbocycles. The Bertz CT molecular complexity index is 959. The van der Waals surface area contributed by atoms with E-state index in [1.165, 1.54) is 6.07 Å².